The minimum atomic E-state index is -0.107. The first-order valence-corrected chi connectivity index (χ1v) is 12.1. The first-order chi connectivity index (χ1) is 15.5. The van der Waals surface area contributed by atoms with Crippen molar-refractivity contribution in [3.63, 3.8) is 0 Å². The maximum absolute atomic E-state index is 10.7. The van der Waals surface area contributed by atoms with Crippen LogP contribution in [0.3, 0.4) is 0 Å². The van der Waals surface area contributed by atoms with Gasteiger partial charge in [-0.3, -0.25) is 0 Å². The molecule has 0 aliphatic carbocycles. The number of aromatic hydroxyl groups is 1. The van der Waals surface area contributed by atoms with E-state index < -0.39 is 0 Å². The molecule has 0 saturated carbocycles. The Kier molecular flexibility index (Phi) is 7.73. The summed E-state index contributed by atoms with van der Waals surface area (Å²) in [5, 5.41) is 14.1. The molecule has 0 bridgehead atoms. The lowest BCUT2D eigenvalue weighted by Gasteiger charge is -2.33. The van der Waals surface area contributed by atoms with Gasteiger partial charge in [-0.1, -0.05) is 58.9 Å². The van der Waals surface area contributed by atoms with Crippen molar-refractivity contribution in [2.75, 3.05) is 10.2 Å². The number of phenolic OH excluding ortho intramolecular Hbond substituents is 1. The minimum absolute atomic E-state index is 0.107. The summed E-state index contributed by atoms with van der Waals surface area (Å²) in [6.07, 6.45) is 1.12. The average molecular weight is 445 g/mol. The molecule has 0 saturated heterocycles. The number of hydrogen-bond donors (Lipinski definition) is 2. The molecule has 0 radical (unpaired) electrons. The van der Waals surface area contributed by atoms with Gasteiger partial charge >= 0.3 is 0 Å². The van der Waals surface area contributed by atoms with Crippen LogP contribution < -0.4 is 10.2 Å². The number of aryl methyl sites for hydroxylation is 1. The number of nitrogens with one attached hydrogen (secondary N) is 1. The van der Waals surface area contributed by atoms with E-state index in [4.69, 9.17) is 0 Å². The number of para-hydroxylation sites is 1. The lowest BCUT2D eigenvalue weighted by molar-refractivity contribution is 0.442. The molecule has 3 heteroatoms. The van der Waals surface area contributed by atoms with E-state index in [1.807, 2.05) is 25.1 Å². The molecule has 2 N–H and O–H groups in total. The third-order valence-electron chi connectivity index (χ3n) is 6.13. The van der Waals surface area contributed by atoms with Crippen molar-refractivity contribution in [2.45, 2.75) is 72.9 Å². The fraction of sp³-hybridized carbons (Fsp3) is 0.400. The van der Waals surface area contributed by atoms with Gasteiger partial charge in [0.1, 0.15) is 5.75 Å². The Morgan fingerprint density at radius 1 is 0.879 bits per heavy atom. The quantitative estimate of drug-likeness (QED) is 0.368. The molecule has 3 aromatic carbocycles. The highest BCUT2D eigenvalue weighted by Crippen LogP contribution is 2.35. The largest absolute Gasteiger partial charge is 0.507 e. The van der Waals surface area contributed by atoms with Gasteiger partial charge in [0.2, 0.25) is 0 Å². The fourth-order valence-electron chi connectivity index (χ4n) is 4.45. The topological polar surface area (TPSA) is 35.5 Å². The Morgan fingerprint density at radius 3 is 2.06 bits per heavy atom. The van der Waals surface area contributed by atoms with Gasteiger partial charge in [-0.2, -0.15) is 0 Å². The van der Waals surface area contributed by atoms with Gasteiger partial charge in [-0.05, 0) is 90.8 Å². The second-order valence-electron chi connectivity index (χ2n) is 10.7. The Hall–Kier alpha value is -2.94. The third kappa shape index (κ3) is 6.54. The standard InChI is InChI=1S/C30H40N2O/c1-21(2)17-23(4)32(20-24-18-22(3)29(33)28(19-24)30(5,6)7)27-15-13-26(14-16-27)31-25-11-9-8-10-12-25/h8-16,18-19,21,23,31,33H,17,20H2,1-7H3. The van der Waals surface area contributed by atoms with Crippen molar-refractivity contribution in [3.05, 3.63) is 83.4 Å². The van der Waals surface area contributed by atoms with E-state index in [9.17, 15) is 5.11 Å². The molecule has 0 amide bonds. The molecule has 176 valence electrons. The molecule has 1 unspecified atom stereocenters. The highest BCUT2D eigenvalue weighted by atomic mass is 16.3. The number of anilines is 3. The van der Waals surface area contributed by atoms with Crippen molar-refractivity contribution >= 4 is 17.1 Å². The van der Waals surface area contributed by atoms with Gasteiger partial charge in [-0.25, -0.2) is 0 Å². The lowest BCUT2D eigenvalue weighted by atomic mass is 9.84. The first-order valence-electron chi connectivity index (χ1n) is 12.1. The Morgan fingerprint density at radius 2 is 1.48 bits per heavy atom. The van der Waals surface area contributed by atoms with Crippen LogP contribution in [-0.2, 0) is 12.0 Å². The van der Waals surface area contributed by atoms with Crippen LogP contribution in [0, 0.1) is 12.8 Å². The number of nitrogens with zero attached hydrogens (tertiary/aromatic N) is 1. The zero-order valence-electron chi connectivity index (χ0n) is 21.3. The normalized spacial score (nSPS) is 12.6. The molecule has 0 aromatic heterocycles. The highest BCUT2D eigenvalue weighted by Gasteiger charge is 2.22. The van der Waals surface area contributed by atoms with Crippen LogP contribution in [0.5, 0.6) is 5.75 Å². The molecule has 33 heavy (non-hydrogen) atoms. The zero-order chi connectivity index (χ0) is 24.2. The van der Waals surface area contributed by atoms with Gasteiger partial charge < -0.3 is 15.3 Å². The SMILES string of the molecule is Cc1cc(CN(c2ccc(Nc3ccccc3)cc2)C(C)CC(C)C)cc(C(C)(C)C)c1O. The molecule has 3 aromatic rings. The summed E-state index contributed by atoms with van der Waals surface area (Å²) in [4.78, 5) is 2.49. The summed E-state index contributed by atoms with van der Waals surface area (Å²) in [6.45, 7) is 16.2. The molecule has 3 nitrogen and oxygen atoms in total. The van der Waals surface area contributed by atoms with Crippen LogP contribution in [0.4, 0.5) is 17.1 Å². The van der Waals surface area contributed by atoms with Gasteiger partial charge in [0.05, 0.1) is 0 Å². The van der Waals surface area contributed by atoms with Crippen LogP contribution in [0.25, 0.3) is 0 Å². The second-order valence-corrected chi connectivity index (χ2v) is 10.7. The summed E-state index contributed by atoms with van der Waals surface area (Å²) in [7, 11) is 0. The van der Waals surface area contributed by atoms with E-state index in [0.29, 0.717) is 17.7 Å². The monoisotopic (exact) mass is 444 g/mol. The predicted octanol–water partition coefficient (Wildman–Crippen LogP) is 8.18. The third-order valence-corrected chi connectivity index (χ3v) is 6.13. The van der Waals surface area contributed by atoms with Crippen molar-refractivity contribution in [3.8, 4) is 5.75 Å². The predicted molar refractivity (Wildman–Crippen MR) is 143 cm³/mol. The first kappa shape index (κ1) is 24.7. The van der Waals surface area contributed by atoms with E-state index in [1.54, 1.807) is 0 Å². The maximum atomic E-state index is 10.7. The molecular formula is C30H40N2O. The van der Waals surface area contributed by atoms with E-state index >= 15 is 0 Å². The van der Waals surface area contributed by atoms with Gasteiger partial charge in [0, 0.05) is 29.6 Å². The average Bonchev–Trinajstić information content (AvgIpc) is 2.74. The Balaban J connectivity index is 1.90. The van der Waals surface area contributed by atoms with Crippen LogP contribution >= 0.6 is 0 Å². The van der Waals surface area contributed by atoms with E-state index in [2.05, 4.69) is 100 Å². The summed E-state index contributed by atoms with van der Waals surface area (Å²) < 4.78 is 0. The molecular weight excluding hydrogens is 404 g/mol. The Labute approximate surface area is 200 Å². The van der Waals surface area contributed by atoms with E-state index in [-0.39, 0.29) is 5.41 Å². The van der Waals surface area contributed by atoms with Gasteiger partial charge in [0.15, 0.2) is 0 Å². The van der Waals surface area contributed by atoms with Crippen LogP contribution in [-0.4, -0.2) is 11.1 Å². The summed E-state index contributed by atoms with van der Waals surface area (Å²) in [5.41, 5.74) is 6.46. The summed E-state index contributed by atoms with van der Waals surface area (Å²) >= 11 is 0. The van der Waals surface area contributed by atoms with Gasteiger partial charge in [-0.15, -0.1) is 0 Å². The smallest absolute Gasteiger partial charge is 0.122 e. The lowest BCUT2D eigenvalue weighted by Crippen LogP contribution is -2.33. The van der Waals surface area contributed by atoms with Crippen molar-refractivity contribution < 1.29 is 5.11 Å². The molecule has 0 aliphatic heterocycles. The highest BCUT2D eigenvalue weighted by molar-refractivity contribution is 5.63. The summed E-state index contributed by atoms with van der Waals surface area (Å²) in [6, 6.07) is 23.7. The van der Waals surface area contributed by atoms with Gasteiger partial charge in [0.25, 0.3) is 0 Å². The molecule has 0 fully saturated rings. The van der Waals surface area contributed by atoms with Crippen molar-refractivity contribution in [1.29, 1.82) is 0 Å². The minimum Gasteiger partial charge on any atom is -0.507 e. The molecule has 0 heterocycles. The number of phenols is 1. The van der Waals surface area contributed by atoms with Crippen LogP contribution in [0.15, 0.2) is 66.7 Å². The molecule has 0 aliphatic rings. The van der Waals surface area contributed by atoms with Crippen molar-refractivity contribution in [1.82, 2.24) is 0 Å². The van der Waals surface area contributed by atoms with E-state index in [0.717, 1.165) is 35.5 Å². The van der Waals surface area contributed by atoms with Crippen LogP contribution in [0.1, 0.15) is 64.7 Å². The molecule has 3 rings (SSSR count). The fourth-order valence-corrected chi connectivity index (χ4v) is 4.45. The number of hydrogen-bond acceptors (Lipinski definition) is 3. The van der Waals surface area contributed by atoms with Crippen molar-refractivity contribution in [2.24, 2.45) is 5.92 Å². The van der Waals surface area contributed by atoms with Crippen LogP contribution in [0.2, 0.25) is 0 Å². The maximum Gasteiger partial charge on any atom is 0.122 e. The van der Waals surface area contributed by atoms with E-state index in [1.165, 1.54) is 11.3 Å². The molecule has 0 spiro atoms. The Bertz CT molecular complexity index is 1030. The second kappa shape index (κ2) is 10.3. The number of benzene rings is 3. The summed E-state index contributed by atoms with van der Waals surface area (Å²) in [5.74, 6) is 1.04. The molecule has 1 atom stereocenters. The number of rotatable bonds is 8. The zero-order valence-corrected chi connectivity index (χ0v) is 21.3.